The fraction of sp³-hybridized carbons (Fsp3) is 0.467. The summed E-state index contributed by atoms with van der Waals surface area (Å²) in [6.07, 6.45) is 1.19. The van der Waals surface area contributed by atoms with E-state index in [1.165, 1.54) is 20.3 Å². The Morgan fingerprint density at radius 1 is 1.33 bits per heavy atom. The number of hydrogen-bond acceptors (Lipinski definition) is 4. The van der Waals surface area contributed by atoms with Crippen LogP contribution in [-0.2, 0) is 9.53 Å². The summed E-state index contributed by atoms with van der Waals surface area (Å²) < 4.78 is 9.92. The Kier molecular flexibility index (Phi) is 6.03. The second-order valence-corrected chi connectivity index (χ2v) is 5.31. The van der Waals surface area contributed by atoms with Gasteiger partial charge in [0.15, 0.2) is 0 Å². The molecule has 0 aromatic heterocycles. The first-order chi connectivity index (χ1) is 9.87. The number of ether oxygens (including phenoxy) is 2. The van der Waals surface area contributed by atoms with Gasteiger partial charge in [-0.25, -0.2) is 4.79 Å². The zero-order valence-electron chi connectivity index (χ0n) is 12.7. The number of esters is 1. The van der Waals surface area contributed by atoms with Gasteiger partial charge in [0.05, 0.1) is 19.8 Å². The minimum absolute atomic E-state index is 0.274. The molecule has 0 spiro atoms. The van der Waals surface area contributed by atoms with Gasteiger partial charge in [-0.1, -0.05) is 24.9 Å². The molecule has 0 heterocycles. The molecule has 0 aliphatic carbocycles. The lowest BCUT2D eigenvalue weighted by Gasteiger charge is -2.27. The lowest BCUT2D eigenvalue weighted by atomic mass is 9.95. The molecule has 6 heteroatoms. The lowest BCUT2D eigenvalue weighted by Crippen LogP contribution is -2.52. The SMILES string of the molecule is CCCC(C)(NC(=O)c1cc(Cl)ccc1OC)C(=O)OC. The van der Waals surface area contributed by atoms with E-state index in [9.17, 15) is 9.59 Å². The predicted molar refractivity (Wildman–Crippen MR) is 80.8 cm³/mol. The van der Waals surface area contributed by atoms with E-state index >= 15 is 0 Å². The van der Waals surface area contributed by atoms with Crippen LogP contribution in [0.3, 0.4) is 0 Å². The van der Waals surface area contributed by atoms with Crippen molar-refractivity contribution in [1.29, 1.82) is 0 Å². The van der Waals surface area contributed by atoms with Crippen LogP contribution in [0.15, 0.2) is 18.2 Å². The third kappa shape index (κ3) is 4.11. The molecule has 0 radical (unpaired) electrons. The molecule has 1 N–H and O–H groups in total. The van der Waals surface area contributed by atoms with Crippen molar-refractivity contribution < 1.29 is 19.1 Å². The molecule has 21 heavy (non-hydrogen) atoms. The molecular formula is C15H20ClNO4. The van der Waals surface area contributed by atoms with Crippen LogP contribution >= 0.6 is 11.6 Å². The number of amides is 1. The first kappa shape index (κ1) is 17.3. The summed E-state index contributed by atoms with van der Waals surface area (Å²) in [5, 5.41) is 3.12. The molecule has 1 rings (SSSR count). The van der Waals surface area contributed by atoms with Gasteiger partial charge in [0.25, 0.3) is 5.91 Å². The highest BCUT2D eigenvalue weighted by atomic mass is 35.5. The minimum Gasteiger partial charge on any atom is -0.496 e. The van der Waals surface area contributed by atoms with Crippen LogP contribution in [-0.4, -0.2) is 31.6 Å². The van der Waals surface area contributed by atoms with E-state index in [0.717, 1.165) is 6.42 Å². The highest BCUT2D eigenvalue weighted by Crippen LogP contribution is 2.24. The maximum absolute atomic E-state index is 12.4. The number of carbonyl (C=O) groups excluding carboxylic acids is 2. The Morgan fingerprint density at radius 2 is 2.00 bits per heavy atom. The largest absolute Gasteiger partial charge is 0.496 e. The van der Waals surface area contributed by atoms with Crippen LogP contribution in [0.4, 0.5) is 0 Å². The van der Waals surface area contributed by atoms with E-state index in [1.807, 2.05) is 6.92 Å². The van der Waals surface area contributed by atoms with Crippen molar-refractivity contribution in [3.8, 4) is 5.75 Å². The number of methoxy groups -OCH3 is 2. The van der Waals surface area contributed by atoms with Crippen molar-refractivity contribution in [1.82, 2.24) is 5.32 Å². The van der Waals surface area contributed by atoms with Crippen molar-refractivity contribution in [2.75, 3.05) is 14.2 Å². The van der Waals surface area contributed by atoms with Gasteiger partial charge in [0.1, 0.15) is 11.3 Å². The van der Waals surface area contributed by atoms with Crippen molar-refractivity contribution >= 4 is 23.5 Å². The summed E-state index contributed by atoms with van der Waals surface area (Å²) in [7, 11) is 2.76. The summed E-state index contributed by atoms with van der Waals surface area (Å²) in [5.41, 5.74) is -0.815. The molecule has 1 aromatic rings. The number of carbonyl (C=O) groups is 2. The molecular weight excluding hydrogens is 294 g/mol. The molecule has 5 nitrogen and oxygen atoms in total. The minimum atomic E-state index is -1.09. The average Bonchev–Trinajstić information content (AvgIpc) is 2.46. The second-order valence-electron chi connectivity index (χ2n) is 4.87. The fourth-order valence-electron chi connectivity index (χ4n) is 2.12. The van der Waals surface area contributed by atoms with Gasteiger partial charge in [0.2, 0.25) is 0 Å². The Labute approximate surface area is 129 Å². The van der Waals surface area contributed by atoms with E-state index < -0.39 is 17.4 Å². The normalized spacial score (nSPS) is 13.2. The first-order valence-electron chi connectivity index (χ1n) is 6.62. The molecule has 0 aliphatic rings. The summed E-state index contributed by atoms with van der Waals surface area (Å²) in [6, 6.07) is 4.73. The van der Waals surface area contributed by atoms with Crippen LogP contribution in [0, 0.1) is 0 Å². The van der Waals surface area contributed by atoms with Crippen molar-refractivity contribution in [3.05, 3.63) is 28.8 Å². The highest BCUT2D eigenvalue weighted by Gasteiger charge is 2.35. The zero-order valence-corrected chi connectivity index (χ0v) is 13.4. The number of halogens is 1. The van der Waals surface area contributed by atoms with Crippen LogP contribution in [0.5, 0.6) is 5.75 Å². The molecule has 0 saturated carbocycles. The van der Waals surface area contributed by atoms with Gasteiger partial charge in [0, 0.05) is 5.02 Å². The average molecular weight is 314 g/mol. The van der Waals surface area contributed by atoms with Crippen LogP contribution in [0.2, 0.25) is 5.02 Å². The smallest absolute Gasteiger partial charge is 0.331 e. The summed E-state index contributed by atoms with van der Waals surface area (Å²) in [4.78, 5) is 24.3. The molecule has 1 atom stereocenters. The van der Waals surface area contributed by atoms with E-state index in [2.05, 4.69) is 5.32 Å². The monoisotopic (exact) mass is 313 g/mol. The molecule has 116 valence electrons. The topological polar surface area (TPSA) is 64.6 Å². The predicted octanol–water partition coefficient (Wildman–Crippen LogP) is 2.81. The number of hydrogen-bond donors (Lipinski definition) is 1. The maximum atomic E-state index is 12.4. The Morgan fingerprint density at radius 3 is 2.52 bits per heavy atom. The molecule has 0 aliphatic heterocycles. The van der Waals surface area contributed by atoms with Gasteiger partial charge < -0.3 is 14.8 Å². The second kappa shape index (κ2) is 7.31. The van der Waals surface area contributed by atoms with Crippen LogP contribution < -0.4 is 10.1 Å². The Balaban J connectivity index is 3.08. The van der Waals surface area contributed by atoms with Crippen molar-refractivity contribution in [2.45, 2.75) is 32.2 Å². The summed E-state index contributed by atoms with van der Waals surface area (Å²) in [6.45, 7) is 3.56. The third-order valence-electron chi connectivity index (χ3n) is 3.18. The van der Waals surface area contributed by atoms with E-state index in [1.54, 1.807) is 19.1 Å². The fourth-order valence-corrected chi connectivity index (χ4v) is 2.29. The van der Waals surface area contributed by atoms with E-state index in [-0.39, 0.29) is 5.56 Å². The Hall–Kier alpha value is -1.75. The van der Waals surface area contributed by atoms with Gasteiger partial charge in [-0.3, -0.25) is 4.79 Å². The van der Waals surface area contributed by atoms with Gasteiger partial charge in [-0.05, 0) is 31.5 Å². The number of benzene rings is 1. The molecule has 0 fully saturated rings. The molecule has 0 saturated heterocycles. The number of nitrogens with one attached hydrogen (secondary N) is 1. The summed E-state index contributed by atoms with van der Waals surface area (Å²) >= 11 is 5.91. The molecule has 1 aromatic carbocycles. The standard InChI is InChI=1S/C15H20ClNO4/c1-5-8-15(2,14(19)21-4)17-13(18)11-9-10(16)6-7-12(11)20-3/h6-7,9H,5,8H2,1-4H3,(H,17,18). The zero-order chi connectivity index (χ0) is 16.0. The maximum Gasteiger partial charge on any atom is 0.331 e. The molecule has 1 amide bonds. The van der Waals surface area contributed by atoms with Crippen molar-refractivity contribution in [2.24, 2.45) is 0 Å². The first-order valence-corrected chi connectivity index (χ1v) is 7.00. The highest BCUT2D eigenvalue weighted by molar-refractivity contribution is 6.31. The van der Waals surface area contributed by atoms with E-state index in [0.29, 0.717) is 17.2 Å². The molecule has 1 unspecified atom stereocenters. The summed E-state index contributed by atoms with van der Waals surface area (Å²) in [5.74, 6) is -0.532. The Bertz CT molecular complexity index is 532. The van der Waals surface area contributed by atoms with Gasteiger partial charge in [-0.2, -0.15) is 0 Å². The number of rotatable bonds is 6. The lowest BCUT2D eigenvalue weighted by molar-refractivity contribution is -0.147. The van der Waals surface area contributed by atoms with Crippen molar-refractivity contribution in [3.63, 3.8) is 0 Å². The van der Waals surface area contributed by atoms with E-state index in [4.69, 9.17) is 21.1 Å². The third-order valence-corrected chi connectivity index (χ3v) is 3.42. The van der Waals surface area contributed by atoms with Gasteiger partial charge >= 0.3 is 5.97 Å². The van der Waals surface area contributed by atoms with Crippen LogP contribution in [0.1, 0.15) is 37.0 Å². The van der Waals surface area contributed by atoms with Gasteiger partial charge in [-0.15, -0.1) is 0 Å². The van der Waals surface area contributed by atoms with Crippen LogP contribution in [0.25, 0.3) is 0 Å². The quantitative estimate of drug-likeness (QED) is 0.820. The molecule has 0 bridgehead atoms.